The molecule has 0 atom stereocenters. The molecule has 0 aliphatic carbocycles. The predicted octanol–water partition coefficient (Wildman–Crippen LogP) is 2.47. The minimum Gasteiger partial charge on any atom is -0.507 e. The van der Waals surface area contributed by atoms with E-state index in [1.165, 1.54) is 0 Å². The van der Waals surface area contributed by atoms with Crippen LogP contribution in [-0.4, -0.2) is 25.7 Å². The number of aromatic nitrogens is 4. The van der Waals surface area contributed by atoms with Crippen molar-refractivity contribution in [3.05, 3.63) is 36.4 Å². The van der Waals surface area contributed by atoms with Gasteiger partial charge in [-0.25, -0.2) is 0 Å². The third kappa shape index (κ3) is 1.77. The number of fused-ring (bicyclic) bond motifs is 1. The van der Waals surface area contributed by atoms with Crippen LogP contribution in [0.2, 0.25) is 0 Å². The third-order valence-corrected chi connectivity index (χ3v) is 2.46. The van der Waals surface area contributed by atoms with E-state index in [2.05, 4.69) is 30.9 Å². The summed E-state index contributed by atoms with van der Waals surface area (Å²) in [7, 11) is 0. The van der Waals surface area contributed by atoms with Gasteiger partial charge in [-0.15, -0.1) is 15.3 Å². The normalized spacial score (nSPS) is 11.3. The lowest BCUT2D eigenvalue weighted by molar-refractivity contribution is 0.481. The maximum atomic E-state index is 9.74. The van der Waals surface area contributed by atoms with Gasteiger partial charge in [0.05, 0.1) is 5.69 Å². The van der Waals surface area contributed by atoms with Gasteiger partial charge in [0.2, 0.25) is 0 Å². The minimum absolute atomic E-state index is 0.159. The smallest absolute Gasteiger partial charge is 0.307 e. The average Bonchev–Trinajstić information content (AvgIpc) is 2.92. The number of hydrogen-bond acceptors (Lipinski definition) is 6. The fourth-order valence-corrected chi connectivity index (χ4v) is 1.65. The van der Waals surface area contributed by atoms with E-state index in [1.54, 1.807) is 12.1 Å². The van der Waals surface area contributed by atoms with Gasteiger partial charge in [-0.05, 0) is 17.3 Å². The molecule has 0 amide bonds. The lowest BCUT2D eigenvalue weighted by atomic mass is 10.1. The molecular weight excluding hydrogens is 232 g/mol. The number of rotatable bonds is 2. The summed E-state index contributed by atoms with van der Waals surface area (Å²) < 4.78 is 0. The van der Waals surface area contributed by atoms with Crippen molar-refractivity contribution >= 4 is 22.4 Å². The van der Waals surface area contributed by atoms with Gasteiger partial charge in [-0.3, -0.25) is 0 Å². The average molecular weight is 240 g/mol. The molecule has 1 aromatic heterocycles. The zero-order valence-corrected chi connectivity index (χ0v) is 9.15. The minimum atomic E-state index is 0.159. The molecule has 0 saturated heterocycles. The molecule has 7 nitrogen and oxygen atoms in total. The Kier molecular flexibility index (Phi) is 2.41. The van der Waals surface area contributed by atoms with Crippen LogP contribution in [0.4, 0.5) is 11.6 Å². The summed E-state index contributed by atoms with van der Waals surface area (Å²) in [6, 6.07) is 10.7. The Morgan fingerprint density at radius 3 is 2.61 bits per heavy atom. The van der Waals surface area contributed by atoms with Crippen molar-refractivity contribution in [2.75, 3.05) is 0 Å². The Morgan fingerprint density at radius 1 is 1.00 bits per heavy atom. The molecule has 0 spiro atoms. The summed E-state index contributed by atoms with van der Waals surface area (Å²) in [5.41, 5.74) is 0.633. The second kappa shape index (κ2) is 4.21. The summed E-state index contributed by atoms with van der Waals surface area (Å²) in [4.78, 5) is 0. The second-order valence-corrected chi connectivity index (χ2v) is 3.56. The molecular formula is C11H8N6O. The van der Waals surface area contributed by atoms with Crippen LogP contribution < -0.4 is 0 Å². The highest BCUT2D eigenvalue weighted by molar-refractivity contribution is 5.96. The Labute approximate surface area is 101 Å². The number of nitrogens with one attached hydrogen (secondary N) is 1. The van der Waals surface area contributed by atoms with E-state index in [-0.39, 0.29) is 11.7 Å². The summed E-state index contributed by atoms with van der Waals surface area (Å²) in [5, 5.41) is 32.2. The number of aromatic amines is 1. The van der Waals surface area contributed by atoms with Crippen molar-refractivity contribution in [2.24, 2.45) is 10.2 Å². The van der Waals surface area contributed by atoms with Crippen molar-refractivity contribution in [2.45, 2.75) is 0 Å². The van der Waals surface area contributed by atoms with Crippen LogP contribution in [0, 0.1) is 0 Å². The first-order chi connectivity index (χ1) is 8.84. The lowest BCUT2D eigenvalue weighted by Crippen LogP contribution is -1.75. The molecule has 88 valence electrons. The second-order valence-electron chi connectivity index (χ2n) is 3.56. The maximum Gasteiger partial charge on any atom is 0.307 e. The van der Waals surface area contributed by atoms with E-state index < -0.39 is 0 Å². The largest absolute Gasteiger partial charge is 0.507 e. The molecule has 3 rings (SSSR count). The fourth-order valence-electron chi connectivity index (χ4n) is 1.65. The molecule has 0 unspecified atom stereocenters. The molecule has 18 heavy (non-hydrogen) atoms. The molecule has 0 fully saturated rings. The van der Waals surface area contributed by atoms with Gasteiger partial charge < -0.3 is 5.11 Å². The van der Waals surface area contributed by atoms with Crippen LogP contribution in [0.25, 0.3) is 10.8 Å². The fraction of sp³-hybridized carbons (Fsp3) is 0. The number of nitrogens with zero attached hydrogens (tertiary/aromatic N) is 5. The monoisotopic (exact) mass is 240 g/mol. The molecule has 2 N–H and O–H groups in total. The number of H-pyrrole nitrogens is 1. The lowest BCUT2D eigenvalue weighted by Gasteiger charge is -2.02. The van der Waals surface area contributed by atoms with Gasteiger partial charge in [0.1, 0.15) is 5.75 Å². The highest BCUT2D eigenvalue weighted by Gasteiger charge is 2.04. The molecule has 0 saturated carbocycles. The topological polar surface area (TPSA) is 99.4 Å². The molecule has 1 heterocycles. The zero-order chi connectivity index (χ0) is 12.4. The Hall–Kier alpha value is -2.83. The molecule has 0 aliphatic rings. The number of benzene rings is 2. The van der Waals surface area contributed by atoms with Gasteiger partial charge in [0.15, 0.2) is 0 Å². The van der Waals surface area contributed by atoms with E-state index in [9.17, 15) is 5.11 Å². The van der Waals surface area contributed by atoms with Crippen LogP contribution >= 0.6 is 0 Å². The number of hydrogen-bond donors (Lipinski definition) is 2. The van der Waals surface area contributed by atoms with Gasteiger partial charge in [0.25, 0.3) is 0 Å². The van der Waals surface area contributed by atoms with Crippen LogP contribution in [0.5, 0.6) is 5.75 Å². The van der Waals surface area contributed by atoms with E-state index in [0.29, 0.717) is 5.69 Å². The van der Waals surface area contributed by atoms with E-state index in [4.69, 9.17) is 0 Å². The predicted molar refractivity (Wildman–Crippen MR) is 64.0 cm³/mol. The van der Waals surface area contributed by atoms with Crippen molar-refractivity contribution in [1.82, 2.24) is 20.6 Å². The quantitative estimate of drug-likeness (QED) is 0.672. The number of tetrazole rings is 1. The molecule has 0 bridgehead atoms. The van der Waals surface area contributed by atoms with Crippen LogP contribution in [-0.2, 0) is 0 Å². The standard InChI is InChI=1S/C11H8N6O/c18-10-6-5-9(7-3-1-2-4-8(7)10)12-13-11-14-16-17-15-11/h1-6,18H,(H,14,15,16,17). The van der Waals surface area contributed by atoms with Crippen LogP contribution in [0.1, 0.15) is 0 Å². The third-order valence-electron chi connectivity index (χ3n) is 2.46. The highest BCUT2D eigenvalue weighted by atomic mass is 16.3. The molecule has 2 aromatic carbocycles. The summed E-state index contributed by atoms with van der Waals surface area (Å²) in [6.07, 6.45) is 0. The van der Waals surface area contributed by atoms with E-state index in [0.717, 1.165) is 10.8 Å². The van der Waals surface area contributed by atoms with Crippen molar-refractivity contribution in [3.63, 3.8) is 0 Å². The number of azo groups is 1. The van der Waals surface area contributed by atoms with Gasteiger partial charge in [-0.1, -0.05) is 29.4 Å². The first-order valence-corrected chi connectivity index (χ1v) is 5.20. The molecule has 0 aliphatic heterocycles. The summed E-state index contributed by atoms with van der Waals surface area (Å²) >= 11 is 0. The van der Waals surface area contributed by atoms with E-state index >= 15 is 0 Å². The van der Waals surface area contributed by atoms with Crippen LogP contribution in [0.3, 0.4) is 0 Å². The SMILES string of the molecule is Oc1ccc(N=Nc2nn[nH]n2)c2ccccc12. The zero-order valence-electron chi connectivity index (χ0n) is 9.15. The van der Waals surface area contributed by atoms with Gasteiger partial charge in [-0.2, -0.15) is 5.21 Å². The molecule has 0 radical (unpaired) electrons. The Bertz CT molecular complexity index is 707. The molecule has 3 aromatic rings. The molecule has 7 heteroatoms. The first-order valence-electron chi connectivity index (χ1n) is 5.20. The van der Waals surface area contributed by atoms with Gasteiger partial charge >= 0.3 is 5.95 Å². The maximum absolute atomic E-state index is 9.74. The van der Waals surface area contributed by atoms with E-state index in [1.807, 2.05) is 24.3 Å². The number of phenolic OH excluding ortho intramolecular Hbond substituents is 1. The first kappa shape index (κ1) is 10.3. The Morgan fingerprint density at radius 2 is 1.83 bits per heavy atom. The summed E-state index contributed by atoms with van der Waals surface area (Å²) in [6.45, 7) is 0. The van der Waals surface area contributed by atoms with Crippen molar-refractivity contribution in [3.8, 4) is 5.75 Å². The van der Waals surface area contributed by atoms with Crippen molar-refractivity contribution < 1.29 is 5.11 Å². The highest BCUT2D eigenvalue weighted by Crippen LogP contribution is 2.32. The van der Waals surface area contributed by atoms with Gasteiger partial charge in [0, 0.05) is 10.8 Å². The number of aromatic hydroxyl groups is 1. The summed E-state index contributed by atoms with van der Waals surface area (Å²) in [5.74, 6) is 0.372. The van der Waals surface area contributed by atoms with Crippen molar-refractivity contribution in [1.29, 1.82) is 0 Å². The number of phenols is 1. The Balaban J connectivity index is 2.10. The van der Waals surface area contributed by atoms with Crippen LogP contribution in [0.15, 0.2) is 46.6 Å².